The number of likely N-dealkylation sites (tertiary alicyclic amines) is 1. The molecule has 1 spiro atoms. The number of carbonyl (C=O) groups excluding carboxylic acids is 3. The molecule has 4 rings (SSSR count). The van der Waals surface area contributed by atoms with Crippen LogP contribution in [0.3, 0.4) is 0 Å². The maximum absolute atomic E-state index is 13.2. The van der Waals surface area contributed by atoms with E-state index in [0.29, 0.717) is 42.0 Å². The van der Waals surface area contributed by atoms with Crippen LogP contribution in [-0.2, 0) is 14.9 Å². The molecule has 1 aromatic heterocycles. The van der Waals surface area contributed by atoms with Crippen molar-refractivity contribution in [2.45, 2.75) is 16.0 Å². The Hall–Kier alpha value is -2.50. The number of amides is 4. The molecule has 2 aliphatic heterocycles. The lowest BCUT2D eigenvalue weighted by Crippen LogP contribution is -2.41. The van der Waals surface area contributed by atoms with Crippen LogP contribution in [0.25, 0.3) is 0 Å². The summed E-state index contributed by atoms with van der Waals surface area (Å²) in [6.45, 7) is 1.42. The molecule has 0 saturated carbocycles. The lowest BCUT2D eigenvalue weighted by atomic mass is 9.81. The van der Waals surface area contributed by atoms with Crippen molar-refractivity contribution in [3.05, 3.63) is 35.0 Å². The zero-order valence-corrected chi connectivity index (χ0v) is 20.9. The molecule has 0 aliphatic carbocycles. The number of benzene rings is 1. The molecule has 1 fully saturated rings. The molecule has 2 aliphatic rings. The van der Waals surface area contributed by atoms with Crippen LogP contribution in [0.15, 0.2) is 28.6 Å². The Morgan fingerprint density at radius 2 is 2.12 bits per heavy atom. The van der Waals surface area contributed by atoms with Gasteiger partial charge in [-0.05, 0) is 30.2 Å². The fraction of sp³-hybridized carbons (Fsp3) is 0.429. The minimum atomic E-state index is -0.401. The molecule has 1 unspecified atom stereocenters. The second kappa shape index (κ2) is 9.40. The van der Waals surface area contributed by atoms with Crippen molar-refractivity contribution in [1.29, 1.82) is 0 Å². The first kappa shape index (κ1) is 23.7. The number of rotatable bonds is 4. The van der Waals surface area contributed by atoms with Gasteiger partial charge in [-0.2, -0.15) is 0 Å². The number of ether oxygens (including phenoxy) is 1. The Balaban J connectivity index is 1.49. The number of hydrogen-bond acceptors (Lipinski definition) is 7. The van der Waals surface area contributed by atoms with Gasteiger partial charge in [0.15, 0.2) is 5.13 Å². The van der Waals surface area contributed by atoms with Crippen molar-refractivity contribution in [1.82, 2.24) is 14.8 Å². The van der Waals surface area contributed by atoms with Crippen molar-refractivity contribution in [3.63, 3.8) is 0 Å². The van der Waals surface area contributed by atoms with E-state index in [1.165, 1.54) is 35.1 Å². The van der Waals surface area contributed by atoms with Crippen molar-refractivity contribution >= 4 is 63.6 Å². The molecule has 33 heavy (non-hydrogen) atoms. The van der Waals surface area contributed by atoms with E-state index >= 15 is 0 Å². The largest absolute Gasteiger partial charge is 0.453 e. The van der Waals surface area contributed by atoms with Gasteiger partial charge in [0.2, 0.25) is 5.91 Å². The molecule has 0 radical (unpaired) electrons. The van der Waals surface area contributed by atoms with Crippen LogP contribution in [-0.4, -0.2) is 79.4 Å². The first-order valence-corrected chi connectivity index (χ1v) is 12.4. The van der Waals surface area contributed by atoms with E-state index in [9.17, 15) is 14.4 Å². The van der Waals surface area contributed by atoms with E-state index in [-0.39, 0.29) is 18.0 Å². The fourth-order valence-corrected chi connectivity index (χ4v) is 6.15. The highest BCUT2D eigenvalue weighted by molar-refractivity contribution is 8.01. The molecule has 1 saturated heterocycles. The van der Waals surface area contributed by atoms with Crippen molar-refractivity contribution in [3.8, 4) is 0 Å². The monoisotopic (exact) mass is 509 g/mol. The Labute approximate surface area is 205 Å². The Morgan fingerprint density at radius 3 is 2.85 bits per heavy atom. The standard InChI is InChI=1S/C21H24ClN5O4S2/c1-25(2)16(28)10-32-17-9-23-18(33-17)24-19(29)27-12-21(6-7-26(11-21)20(30)31-3)14-8-13(22)4-5-15(14)27/h4-5,8-9H,6-7,10-12H2,1-3H3,(H,23,24,29). The highest BCUT2D eigenvalue weighted by Gasteiger charge is 2.50. The Morgan fingerprint density at radius 1 is 1.33 bits per heavy atom. The van der Waals surface area contributed by atoms with Crippen LogP contribution in [0.2, 0.25) is 5.02 Å². The number of nitrogens with zero attached hydrogens (tertiary/aromatic N) is 4. The van der Waals surface area contributed by atoms with Gasteiger partial charge in [-0.1, -0.05) is 22.9 Å². The number of thioether (sulfide) groups is 1. The maximum Gasteiger partial charge on any atom is 0.409 e. The van der Waals surface area contributed by atoms with E-state index in [2.05, 4.69) is 10.3 Å². The van der Waals surface area contributed by atoms with Gasteiger partial charge in [0.05, 0.1) is 23.3 Å². The summed E-state index contributed by atoms with van der Waals surface area (Å²) in [5.41, 5.74) is 1.32. The van der Waals surface area contributed by atoms with E-state index in [1.807, 2.05) is 12.1 Å². The number of thiazole rings is 1. The SMILES string of the molecule is COC(=O)N1CCC2(C1)CN(C(=O)Nc1ncc(SCC(=O)N(C)C)s1)c1ccc(Cl)cc12. The smallest absolute Gasteiger partial charge is 0.409 e. The van der Waals surface area contributed by atoms with E-state index in [4.69, 9.17) is 16.3 Å². The fourth-order valence-electron chi connectivity index (χ4n) is 4.13. The van der Waals surface area contributed by atoms with Gasteiger partial charge >= 0.3 is 12.1 Å². The molecule has 1 atom stereocenters. The lowest BCUT2D eigenvalue weighted by molar-refractivity contribution is -0.125. The molecule has 176 valence electrons. The van der Waals surface area contributed by atoms with Gasteiger partial charge in [0.25, 0.3) is 0 Å². The summed E-state index contributed by atoms with van der Waals surface area (Å²) in [6.07, 6.45) is 1.98. The molecule has 1 aromatic carbocycles. The van der Waals surface area contributed by atoms with Crippen LogP contribution in [0.4, 0.5) is 20.4 Å². The van der Waals surface area contributed by atoms with Crippen LogP contribution in [0.5, 0.6) is 0 Å². The predicted molar refractivity (Wildman–Crippen MR) is 130 cm³/mol. The first-order chi connectivity index (χ1) is 15.7. The van der Waals surface area contributed by atoms with Crippen LogP contribution in [0.1, 0.15) is 12.0 Å². The number of urea groups is 1. The zero-order chi connectivity index (χ0) is 23.8. The van der Waals surface area contributed by atoms with Gasteiger partial charge < -0.3 is 14.5 Å². The number of carbonyl (C=O) groups is 3. The molecule has 3 heterocycles. The second-order valence-corrected chi connectivity index (χ2v) is 10.9. The molecule has 12 heteroatoms. The summed E-state index contributed by atoms with van der Waals surface area (Å²) in [4.78, 5) is 46.2. The normalized spacial score (nSPS) is 19.0. The summed E-state index contributed by atoms with van der Waals surface area (Å²) in [5.74, 6) is 0.316. The topological polar surface area (TPSA) is 95.1 Å². The number of halogens is 1. The average molecular weight is 510 g/mol. The highest BCUT2D eigenvalue weighted by atomic mass is 35.5. The summed E-state index contributed by atoms with van der Waals surface area (Å²) in [7, 11) is 4.79. The van der Waals surface area contributed by atoms with Crippen molar-refractivity contribution in [2.24, 2.45) is 0 Å². The number of aromatic nitrogens is 1. The molecule has 4 amide bonds. The number of methoxy groups -OCH3 is 1. The predicted octanol–water partition coefficient (Wildman–Crippen LogP) is 3.74. The van der Waals surface area contributed by atoms with E-state index in [0.717, 1.165) is 15.5 Å². The van der Waals surface area contributed by atoms with Gasteiger partial charge in [0.1, 0.15) is 0 Å². The maximum atomic E-state index is 13.2. The molecule has 0 bridgehead atoms. The number of nitrogens with one attached hydrogen (secondary N) is 1. The van der Waals surface area contributed by atoms with Crippen molar-refractivity contribution in [2.75, 3.05) is 56.8 Å². The Bertz CT molecular complexity index is 1090. The molecule has 1 N–H and O–H groups in total. The second-order valence-electron chi connectivity index (χ2n) is 8.16. The van der Waals surface area contributed by atoms with Crippen LogP contribution >= 0.6 is 34.7 Å². The highest BCUT2D eigenvalue weighted by Crippen LogP contribution is 2.47. The van der Waals surface area contributed by atoms with Gasteiger partial charge in [-0.25, -0.2) is 14.6 Å². The zero-order valence-electron chi connectivity index (χ0n) is 18.5. The minimum absolute atomic E-state index is 0.00850. The number of fused-ring (bicyclic) bond motifs is 2. The van der Waals surface area contributed by atoms with Gasteiger partial charge in [0, 0.05) is 49.9 Å². The van der Waals surface area contributed by atoms with Gasteiger partial charge in [-0.15, -0.1) is 11.8 Å². The van der Waals surface area contributed by atoms with E-state index < -0.39 is 5.41 Å². The Kier molecular flexibility index (Phi) is 6.73. The summed E-state index contributed by atoms with van der Waals surface area (Å²) in [6, 6.07) is 5.17. The average Bonchev–Trinajstić information content (AvgIpc) is 3.50. The minimum Gasteiger partial charge on any atom is -0.453 e. The lowest BCUT2D eigenvalue weighted by Gasteiger charge is -2.25. The number of hydrogen-bond donors (Lipinski definition) is 1. The van der Waals surface area contributed by atoms with E-state index in [1.54, 1.807) is 36.2 Å². The molecular weight excluding hydrogens is 486 g/mol. The quantitative estimate of drug-likeness (QED) is 0.631. The van der Waals surface area contributed by atoms with Crippen LogP contribution < -0.4 is 10.2 Å². The summed E-state index contributed by atoms with van der Waals surface area (Å²) in [5, 5.41) is 3.91. The molecule has 2 aromatic rings. The number of anilines is 2. The summed E-state index contributed by atoms with van der Waals surface area (Å²) < 4.78 is 5.73. The van der Waals surface area contributed by atoms with Gasteiger partial charge in [-0.3, -0.25) is 15.0 Å². The molecule has 9 nitrogen and oxygen atoms in total. The first-order valence-electron chi connectivity index (χ1n) is 10.2. The third kappa shape index (κ3) is 4.75. The van der Waals surface area contributed by atoms with Crippen LogP contribution in [0, 0.1) is 0 Å². The molecular formula is C21H24ClN5O4S2. The van der Waals surface area contributed by atoms with Crippen molar-refractivity contribution < 1.29 is 19.1 Å². The third-order valence-electron chi connectivity index (χ3n) is 5.85. The third-order valence-corrected chi connectivity index (χ3v) is 8.18. The summed E-state index contributed by atoms with van der Waals surface area (Å²) >= 11 is 8.98.